The molecule has 400 valence electrons. The van der Waals surface area contributed by atoms with Crippen LogP contribution < -0.4 is 30.3 Å². The summed E-state index contributed by atoms with van der Waals surface area (Å²) in [6.07, 6.45) is 11.9. The van der Waals surface area contributed by atoms with E-state index in [-0.39, 0.29) is 24.9 Å². The molecule has 4 fully saturated rings. The molecule has 10 aromatic rings. The number of carbonyl (C=O) groups excluding carboxylic acids is 1. The third-order valence-electron chi connectivity index (χ3n) is 15.7. The van der Waals surface area contributed by atoms with Gasteiger partial charge in [0.25, 0.3) is 0 Å². The largest absolute Gasteiger partial charge is 1.00 e. The molecule has 6 aromatic heterocycles. The van der Waals surface area contributed by atoms with Gasteiger partial charge in [-0.1, -0.05) is 78.3 Å². The van der Waals surface area contributed by atoms with Crippen LogP contribution in [0.5, 0.6) is 0 Å². The predicted molar refractivity (Wildman–Crippen MR) is 305 cm³/mol. The number of ether oxygens (including phenoxy) is 2. The van der Waals surface area contributed by atoms with Gasteiger partial charge in [0.1, 0.15) is 53.1 Å². The van der Waals surface area contributed by atoms with Crippen LogP contribution in [-0.4, -0.2) is 135 Å². The van der Waals surface area contributed by atoms with Gasteiger partial charge in [0.05, 0.1) is 59.5 Å². The minimum absolute atomic E-state index is 0. The molecular formula is C58H61LiN14O4S2. The summed E-state index contributed by atoms with van der Waals surface area (Å²) in [5, 5.41) is 23.3. The molecule has 21 heteroatoms. The standard InChI is InChI=1S/C29H31N7O2S.C22H26N6O2.C7H4NS.Li/c30-27-24-25(18-5-7-19(8-6-18)26(37)29-33-22-3-1-2-4-23(22)39-29)34-36(28(24)32-17-31-27)21-11-9-20(10-12-21)35-13-15-38-16-14-35;23-21-19-20(16-3-1-15(13-29)2-4-16)26-28(22(19)25-14-24-21)18-7-5-17(6-8-18)27-9-11-30-12-10-27;1-2-4-7-6(3-1)8-5-9-7;/h1-8,17,20-21,26,37H,9-16H2,(H2,30,31,32);1-4,13-14,17-18H,5-12H2,(H2,23,24,25);1-4H;/q;;-1;+1. The molecule has 1 atom stereocenters. The van der Waals surface area contributed by atoms with Crippen LogP contribution in [0.25, 0.3) is 65.0 Å². The molecule has 0 bridgehead atoms. The van der Waals surface area contributed by atoms with Gasteiger partial charge in [0.2, 0.25) is 0 Å². The van der Waals surface area contributed by atoms with Crippen molar-refractivity contribution in [1.82, 2.24) is 59.3 Å². The molecule has 79 heavy (non-hydrogen) atoms. The Bertz CT molecular complexity index is 3570. The maximum Gasteiger partial charge on any atom is 1.00 e. The fraction of sp³-hybridized carbons (Fsp3) is 0.362. The smallest absolute Gasteiger partial charge is 0.386 e. The number of carbonyl (C=O) groups is 1. The summed E-state index contributed by atoms with van der Waals surface area (Å²) in [4.78, 5) is 42.4. The molecule has 14 rings (SSSR count). The van der Waals surface area contributed by atoms with Gasteiger partial charge in [-0.3, -0.25) is 25.9 Å². The van der Waals surface area contributed by atoms with Crippen LogP contribution in [0.3, 0.4) is 0 Å². The molecule has 2 aliphatic carbocycles. The van der Waals surface area contributed by atoms with Gasteiger partial charge in [-0.2, -0.15) is 10.2 Å². The third-order valence-corrected chi connectivity index (χ3v) is 17.6. The van der Waals surface area contributed by atoms with E-state index in [0.717, 1.165) is 176 Å². The summed E-state index contributed by atoms with van der Waals surface area (Å²) < 4.78 is 17.4. The van der Waals surface area contributed by atoms with Gasteiger partial charge in [-0.05, 0) is 74.6 Å². The Morgan fingerprint density at radius 2 is 1.06 bits per heavy atom. The summed E-state index contributed by atoms with van der Waals surface area (Å²) >= 11 is 3.06. The number of morpholine rings is 2. The summed E-state index contributed by atoms with van der Waals surface area (Å²) in [5.74, 6) is 0.865. The summed E-state index contributed by atoms with van der Waals surface area (Å²) in [7, 11) is 0. The Morgan fingerprint density at radius 3 is 1.56 bits per heavy atom. The zero-order chi connectivity index (χ0) is 53.0. The molecule has 2 saturated heterocycles. The van der Waals surface area contributed by atoms with Crippen LogP contribution in [0.2, 0.25) is 0 Å². The van der Waals surface area contributed by atoms with Gasteiger partial charge in [-0.15, -0.1) is 28.2 Å². The number of rotatable bonds is 9. The number of anilines is 2. The number of nitrogens with two attached hydrogens (primary N) is 2. The number of para-hydroxylation sites is 2. The third kappa shape index (κ3) is 11.7. The Balaban J connectivity index is 0.000000145. The average Bonchev–Trinajstić information content (AvgIpc) is 4.44. The molecule has 0 amide bonds. The van der Waals surface area contributed by atoms with E-state index in [9.17, 15) is 9.90 Å². The van der Waals surface area contributed by atoms with Crippen molar-refractivity contribution in [2.24, 2.45) is 0 Å². The summed E-state index contributed by atoms with van der Waals surface area (Å²) in [6.45, 7) is 7.46. The zero-order valence-electron chi connectivity index (χ0n) is 44.2. The van der Waals surface area contributed by atoms with Crippen LogP contribution >= 0.6 is 22.7 Å². The first kappa shape index (κ1) is 54.4. The van der Waals surface area contributed by atoms with E-state index < -0.39 is 6.10 Å². The molecule has 1 unspecified atom stereocenters. The quantitative estimate of drug-likeness (QED) is 0.0809. The maximum atomic E-state index is 11.0. The Labute approximate surface area is 477 Å². The first-order chi connectivity index (χ1) is 38.4. The van der Waals surface area contributed by atoms with Crippen LogP contribution in [0.4, 0.5) is 11.6 Å². The second-order valence-electron chi connectivity index (χ2n) is 20.3. The van der Waals surface area contributed by atoms with Crippen molar-refractivity contribution in [2.45, 2.75) is 81.6 Å². The van der Waals surface area contributed by atoms with Crippen LogP contribution in [0, 0.1) is 5.51 Å². The minimum atomic E-state index is -0.791. The molecular weight excluding hydrogens is 1030 g/mol. The van der Waals surface area contributed by atoms with E-state index in [4.69, 9.17) is 31.1 Å². The molecule has 0 radical (unpaired) electrons. The van der Waals surface area contributed by atoms with Crippen molar-refractivity contribution in [3.8, 4) is 22.5 Å². The number of benzene rings is 4. The number of aliphatic hydroxyl groups is 1. The Kier molecular flexibility index (Phi) is 17.1. The second-order valence-corrected chi connectivity index (χ2v) is 22.2. The van der Waals surface area contributed by atoms with Gasteiger partial charge >= 0.3 is 18.9 Å². The number of fused-ring (bicyclic) bond motifs is 4. The fourth-order valence-corrected chi connectivity index (χ4v) is 13.2. The van der Waals surface area contributed by atoms with Crippen LogP contribution in [0.1, 0.15) is 90.5 Å². The van der Waals surface area contributed by atoms with Crippen molar-refractivity contribution in [3.05, 3.63) is 131 Å². The number of nitrogen functional groups attached to an aromatic ring is 2. The first-order valence-electron chi connectivity index (χ1n) is 26.9. The molecule has 2 aliphatic heterocycles. The van der Waals surface area contributed by atoms with Crippen molar-refractivity contribution in [3.63, 3.8) is 0 Å². The van der Waals surface area contributed by atoms with E-state index in [1.807, 2.05) is 89.6 Å². The number of thiazole rings is 2. The van der Waals surface area contributed by atoms with Crippen molar-refractivity contribution >= 4 is 83.1 Å². The molecule has 0 spiro atoms. The normalized spacial score (nSPS) is 20.5. The summed E-state index contributed by atoms with van der Waals surface area (Å²) in [5.41, 5.74) is 23.8. The Hall–Kier alpha value is -6.57. The zero-order valence-corrected chi connectivity index (χ0v) is 45.8. The predicted octanol–water partition coefficient (Wildman–Crippen LogP) is 6.39. The SMILES string of the molecule is Nc1ncnc2c1c(-c1ccc(C(O)c3nc4ccccc4s3)cc1)nn2C1CCC(N2CCOCC2)CC1.Nc1ncnc2c1c(-c1ccc(C=O)cc1)nn2C1CCC(N2CCOCC2)CC1.[Li+].[c-]1nc2ccccc2s1. The van der Waals surface area contributed by atoms with Gasteiger partial charge in [0.15, 0.2) is 11.3 Å². The van der Waals surface area contributed by atoms with E-state index in [2.05, 4.69) is 49.9 Å². The monoisotopic (exact) mass is 1090 g/mol. The number of hydrogen-bond donors (Lipinski definition) is 3. The van der Waals surface area contributed by atoms with Crippen molar-refractivity contribution in [2.75, 3.05) is 64.1 Å². The number of aromatic nitrogens is 10. The minimum Gasteiger partial charge on any atom is -0.386 e. The molecule has 18 nitrogen and oxygen atoms in total. The molecule has 4 aromatic carbocycles. The Morgan fingerprint density at radius 1 is 0.595 bits per heavy atom. The van der Waals surface area contributed by atoms with Gasteiger partial charge in [0, 0.05) is 55.0 Å². The molecule has 2 saturated carbocycles. The van der Waals surface area contributed by atoms with Gasteiger partial charge in [-0.25, -0.2) is 34.3 Å². The molecule has 5 N–H and O–H groups in total. The van der Waals surface area contributed by atoms with Gasteiger partial charge < -0.3 is 31.0 Å². The van der Waals surface area contributed by atoms with Crippen molar-refractivity contribution in [1.29, 1.82) is 0 Å². The number of aliphatic hydroxyl groups excluding tert-OH is 1. The number of aldehydes is 1. The van der Waals surface area contributed by atoms with E-state index >= 15 is 0 Å². The van der Waals surface area contributed by atoms with E-state index in [1.165, 1.54) is 28.7 Å². The fourth-order valence-electron chi connectivity index (χ4n) is 11.6. The van der Waals surface area contributed by atoms with Crippen LogP contribution in [0.15, 0.2) is 110 Å². The number of hydrogen-bond acceptors (Lipinski definition) is 18. The van der Waals surface area contributed by atoms with E-state index in [1.54, 1.807) is 23.5 Å². The van der Waals surface area contributed by atoms with E-state index in [0.29, 0.717) is 40.3 Å². The maximum absolute atomic E-state index is 11.0. The van der Waals surface area contributed by atoms with Crippen LogP contribution in [-0.2, 0) is 9.47 Å². The topological polar surface area (TPSA) is 227 Å². The average molecular weight is 1090 g/mol. The van der Waals surface area contributed by atoms with Crippen molar-refractivity contribution < 1.29 is 38.2 Å². The second kappa shape index (κ2) is 24.8. The molecule has 4 aliphatic rings. The molecule has 8 heterocycles. The number of nitrogens with zero attached hydrogens (tertiary/aromatic N) is 12. The first-order valence-corrected chi connectivity index (χ1v) is 28.5. The summed E-state index contributed by atoms with van der Waals surface area (Å²) in [6, 6.07) is 33.0.